The summed E-state index contributed by atoms with van der Waals surface area (Å²) in [5.74, 6) is 0.334. The van der Waals surface area contributed by atoms with Crippen LogP contribution in [0.2, 0.25) is 0 Å². The van der Waals surface area contributed by atoms with E-state index in [2.05, 4.69) is 17.2 Å². The third-order valence-corrected chi connectivity index (χ3v) is 5.69. The van der Waals surface area contributed by atoms with Crippen molar-refractivity contribution in [3.05, 3.63) is 30.4 Å². The number of hydrogen-bond donors (Lipinski definition) is 2. The average molecular weight is 386 g/mol. The van der Waals surface area contributed by atoms with Gasteiger partial charge >= 0.3 is 0 Å². The number of benzene rings is 1. The molecule has 0 fully saturated rings. The van der Waals surface area contributed by atoms with E-state index in [0.717, 1.165) is 5.57 Å². The van der Waals surface area contributed by atoms with Crippen LogP contribution in [-0.4, -0.2) is 44.1 Å². The number of rotatable bonds is 9. The Morgan fingerprint density at radius 3 is 2.44 bits per heavy atom. The molecule has 0 aromatic heterocycles. The molecule has 0 spiro atoms. The van der Waals surface area contributed by atoms with E-state index in [0.29, 0.717) is 42.8 Å². The van der Waals surface area contributed by atoms with E-state index in [1.165, 1.54) is 4.31 Å². The first-order valence-electron chi connectivity index (χ1n) is 8.22. The molecule has 1 aromatic carbocycles. The van der Waals surface area contributed by atoms with Gasteiger partial charge < -0.3 is 15.4 Å². The number of anilines is 1. The smallest absolute Gasteiger partial charge is 0.246 e. The van der Waals surface area contributed by atoms with Gasteiger partial charge in [-0.05, 0) is 44.3 Å². The molecule has 0 unspecified atom stereocenters. The molecular formula is C17H27N3O3S2. The number of ether oxygens (including phenoxy) is 1. The summed E-state index contributed by atoms with van der Waals surface area (Å²) in [6.07, 6.45) is 0. The minimum Gasteiger partial charge on any atom is -0.492 e. The summed E-state index contributed by atoms with van der Waals surface area (Å²) in [7, 11) is -3.65. The van der Waals surface area contributed by atoms with Crippen LogP contribution >= 0.6 is 12.2 Å². The van der Waals surface area contributed by atoms with Crippen LogP contribution in [-0.2, 0) is 10.0 Å². The number of nitrogens with zero attached hydrogens (tertiary/aromatic N) is 1. The molecule has 0 atom stereocenters. The predicted octanol–water partition coefficient (Wildman–Crippen LogP) is 2.98. The number of thiocarbonyl (C=S) groups is 1. The highest BCUT2D eigenvalue weighted by molar-refractivity contribution is 7.89. The minimum absolute atomic E-state index is 0.130. The van der Waals surface area contributed by atoms with Crippen LogP contribution in [0.4, 0.5) is 5.69 Å². The predicted molar refractivity (Wildman–Crippen MR) is 107 cm³/mol. The van der Waals surface area contributed by atoms with Crippen molar-refractivity contribution in [1.82, 2.24) is 9.62 Å². The molecular weight excluding hydrogens is 358 g/mol. The summed E-state index contributed by atoms with van der Waals surface area (Å²) in [5.41, 5.74) is 1.52. The second-order valence-electron chi connectivity index (χ2n) is 5.45. The zero-order valence-corrected chi connectivity index (χ0v) is 16.9. The molecule has 1 rings (SSSR count). The van der Waals surface area contributed by atoms with Crippen molar-refractivity contribution >= 4 is 33.0 Å². The van der Waals surface area contributed by atoms with Gasteiger partial charge in [0.2, 0.25) is 10.0 Å². The van der Waals surface area contributed by atoms with Crippen LogP contribution in [0.3, 0.4) is 0 Å². The van der Waals surface area contributed by atoms with Crippen molar-refractivity contribution in [2.75, 3.05) is 31.6 Å². The SMILES string of the molecule is C=C(C)CNC(=S)Nc1ccc(OCC)c(S(=O)(=O)N(CC)CC)c1. The Morgan fingerprint density at radius 1 is 1.28 bits per heavy atom. The second-order valence-corrected chi connectivity index (χ2v) is 7.76. The van der Waals surface area contributed by atoms with Crippen LogP contribution in [0, 0.1) is 0 Å². The summed E-state index contributed by atoms with van der Waals surface area (Å²) >= 11 is 5.22. The van der Waals surface area contributed by atoms with E-state index >= 15 is 0 Å². The normalized spacial score (nSPS) is 11.2. The lowest BCUT2D eigenvalue weighted by atomic mass is 10.3. The van der Waals surface area contributed by atoms with Crippen LogP contribution in [0.15, 0.2) is 35.2 Å². The minimum atomic E-state index is -3.65. The van der Waals surface area contributed by atoms with Gasteiger partial charge in [-0.15, -0.1) is 0 Å². The van der Waals surface area contributed by atoms with Crippen LogP contribution in [0.25, 0.3) is 0 Å². The molecule has 1 aromatic rings. The molecule has 0 amide bonds. The topological polar surface area (TPSA) is 70.7 Å². The lowest BCUT2D eigenvalue weighted by Crippen LogP contribution is -2.31. The lowest BCUT2D eigenvalue weighted by molar-refractivity contribution is 0.329. The van der Waals surface area contributed by atoms with E-state index in [1.807, 2.05) is 13.8 Å². The molecule has 2 N–H and O–H groups in total. The molecule has 0 radical (unpaired) electrons. The van der Waals surface area contributed by atoms with Gasteiger partial charge in [-0.25, -0.2) is 8.42 Å². The van der Waals surface area contributed by atoms with E-state index in [4.69, 9.17) is 17.0 Å². The standard InChI is InChI=1S/C17H27N3O3S2/c1-6-20(7-2)25(21,22)16-11-14(9-10-15(16)23-8-3)19-17(24)18-12-13(4)5/h9-11H,4,6-8,12H2,1-3,5H3,(H2,18,19,24). The Labute approximate surface area is 156 Å². The van der Waals surface area contributed by atoms with Crippen molar-refractivity contribution in [1.29, 1.82) is 0 Å². The van der Waals surface area contributed by atoms with Gasteiger partial charge in [0, 0.05) is 25.3 Å². The molecule has 25 heavy (non-hydrogen) atoms. The summed E-state index contributed by atoms with van der Waals surface area (Å²) in [4.78, 5) is 0.130. The summed E-state index contributed by atoms with van der Waals surface area (Å²) in [6.45, 7) is 12.8. The first-order chi connectivity index (χ1) is 11.8. The Kier molecular flexibility index (Phi) is 8.34. The Morgan fingerprint density at radius 2 is 1.92 bits per heavy atom. The van der Waals surface area contributed by atoms with Crippen LogP contribution < -0.4 is 15.4 Å². The van der Waals surface area contributed by atoms with Crippen LogP contribution in [0.5, 0.6) is 5.75 Å². The molecule has 140 valence electrons. The van der Waals surface area contributed by atoms with Gasteiger partial charge in [0.05, 0.1) is 6.61 Å². The van der Waals surface area contributed by atoms with Crippen molar-refractivity contribution in [2.45, 2.75) is 32.6 Å². The molecule has 0 bridgehead atoms. The van der Waals surface area contributed by atoms with Gasteiger partial charge in [-0.3, -0.25) is 0 Å². The van der Waals surface area contributed by atoms with Gasteiger partial charge in [-0.1, -0.05) is 26.0 Å². The number of nitrogens with one attached hydrogen (secondary N) is 2. The van der Waals surface area contributed by atoms with Crippen LogP contribution in [0.1, 0.15) is 27.7 Å². The fourth-order valence-corrected chi connectivity index (χ4v) is 3.98. The van der Waals surface area contributed by atoms with Gasteiger partial charge in [0.15, 0.2) is 5.11 Å². The maximum absolute atomic E-state index is 12.9. The van der Waals surface area contributed by atoms with Crippen molar-refractivity contribution in [2.24, 2.45) is 0 Å². The van der Waals surface area contributed by atoms with Gasteiger partial charge in [-0.2, -0.15) is 4.31 Å². The second kappa shape index (κ2) is 9.74. The highest BCUT2D eigenvalue weighted by Gasteiger charge is 2.26. The lowest BCUT2D eigenvalue weighted by Gasteiger charge is -2.21. The molecule has 0 aliphatic heterocycles. The van der Waals surface area contributed by atoms with Crippen molar-refractivity contribution in [3.8, 4) is 5.75 Å². The summed E-state index contributed by atoms with van der Waals surface area (Å²) in [6, 6.07) is 4.93. The monoisotopic (exact) mass is 385 g/mol. The van der Waals surface area contributed by atoms with Crippen molar-refractivity contribution < 1.29 is 13.2 Å². The Balaban J connectivity index is 3.17. The number of sulfonamides is 1. The Hall–Kier alpha value is -1.64. The van der Waals surface area contributed by atoms with E-state index < -0.39 is 10.0 Å². The third kappa shape index (κ3) is 5.98. The molecule has 0 saturated heterocycles. The van der Waals surface area contributed by atoms with E-state index in [-0.39, 0.29) is 4.90 Å². The zero-order valence-electron chi connectivity index (χ0n) is 15.3. The molecule has 0 saturated carbocycles. The summed E-state index contributed by atoms with van der Waals surface area (Å²) < 4.78 is 32.7. The maximum atomic E-state index is 12.9. The van der Waals surface area contributed by atoms with Crippen molar-refractivity contribution in [3.63, 3.8) is 0 Å². The first-order valence-corrected chi connectivity index (χ1v) is 10.1. The fraction of sp³-hybridized carbons (Fsp3) is 0.471. The van der Waals surface area contributed by atoms with E-state index in [9.17, 15) is 8.42 Å². The zero-order chi connectivity index (χ0) is 19.0. The quantitative estimate of drug-likeness (QED) is 0.503. The molecule has 6 nitrogen and oxygen atoms in total. The highest BCUT2D eigenvalue weighted by Crippen LogP contribution is 2.30. The molecule has 8 heteroatoms. The Bertz CT molecular complexity index is 714. The summed E-state index contributed by atoms with van der Waals surface area (Å²) in [5, 5.41) is 6.40. The third-order valence-electron chi connectivity index (χ3n) is 3.38. The first kappa shape index (κ1) is 21.4. The molecule has 0 aliphatic carbocycles. The molecule has 0 heterocycles. The maximum Gasteiger partial charge on any atom is 0.246 e. The molecule has 0 aliphatic rings. The van der Waals surface area contributed by atoms with E-state index in [1.54, 1.807) is 32.0 Å². The number of hydrogen-bond acceptors (Lipinski definition) is 4. The highest BCUT2D eigenvalue weighted by atomic mass is 32.2. The van der Waals surface area contributed by atoms with Gasteiger partial charge in [0.1, 0.15) is 10.6 Å². The fourth-order valence-electron chi connectivity index (χ4n) is 2.17. The largest absolute Gasteiger partial charge is 0.492 e. The average Bonchev–Trinajstić information content (AvgIpc) is 2.55. The van der Waals surface area contributed by atoms with Gasteiger partial charge in [0.25, 0.3) is 0 Å².